The Morgan fingerprint density at radius 2 is 2.00 bits per heavy atom. The van der Waals surface area contributed by atoms with Crippen LogP contribution in [0.4, 0.5) is 4.79 Å². The van der Waals surface area contributed by atoms with Crippen LogP contribution in [0.25, 0.3) is 6.08 Å². The minimum atomic E-state index is -0.461. The van der Waals surface area contributed by atoms with Gasteiger partial charge >= 0.3 is 5.97 Å². The van der Waals surface area contributed by atoms with Crippen LogP contribution in [0.3, 0.4) is 0 Å². The Balaban J connectivity index is 2.14. The first-order valence-electron chi connectivity index (χ1n) is 8.19. The maximum absolute atomic E-state index is 12.4. The molecule has 1 saturated heterocycles. The van der Waals surface area contributed by atoms with E-state index < -0.39 is 5.97 Å². The number of carbonyl (C=O) groups is 3. The van der Waals surface area contributed by atoms with E-state index in [1.54, 1.807) is 37.3 Å². The zero-order valence-corrected chi connectivity index (χ0v) is 15.1. The lowest BCUT2D eigenvalue weighted by atomic mass is 10.2. The van der Waals surface area contributed by atoms with Gasteiger partial charge in [0.15, 0.2) is 6.61 Å². The fraction of sp³-hybridized carbons (Fsp3) is 0.389. The third kappa shape index (κ3) is 5.09. The Labute approximate surface area is 151 Å². The Morgan fingerprint density at radius 3 is 2.72 bits per heavy atom. The second-order valence-electron chi connectivity index (χ2n) is 5.32. The molecule has 0 spiro atoms. The molecule has 0 saturated carbocycles. The molecule has 1 aromatic rings. The normalized spacial score (nSPS) is 15.8. The summed E-state index contributed by atoms with van der Waals surface area (Å²) in [7, 11) is 0. The van der Waals surface area contributed by atoms with E-state index in [-0.39, 0.29) is 24.4 Å². The lowest BCUT2D eigenvalue weighted by Gasteiger charge is -2.11. The smallest absolute Gasteiger partial charge is 0.344 e. The van der Waals surface area contributed by atoms with Crippen LogP contribution in [0, 0.1) is 0 Å². The first kappa shape index (κ1) is 19.1. The van der Waals surface area contributed by atoms with E-state index in [0.717, 1.165) is 24.6 Å². The molecule has 1 fully saturated rings. The number of benzene rings is 1. The number of unbranched alkanes of at least 4 members (excludes halogenated alkanes) is 1. The van der Waals surface area contributed by atoms with Crippen LogP contribution in [0.15, 0.2) is 29.2 Å². The van der Waals surface area contributed by atoms with Crippen molar-refractivity contribution < 1.29 is 23.9 Å². The summed E-state index contributed by atoms with van der Waals surface area (Å²) in [4.78, 5) is 37.4. The van der Waals surface area contributed by atoms with Crippen molar-refractivity contribution in [2.75, 3.05) is 19.8 Å². The third-order valence-corrected chi connectivity index (χ3v) is 4.37. The third-order valence-electron chi connectivity index (χ3n) is 3.47. The van der Waals surface area contributed by atoms with E-state index in [4.69, 9.17) is 9.47 Å². The number of rotatable bonds is 8. The van der Waals surface area contributed by atoms with Crippen LogP contribution in [-0.4, -0.2) is 41.8 Å². The van der Waals surface area contributed by atoms with Crippen LogP contribution in [0.2, 0.25) is 0 Å². The molecular weight excluding hydrogens is 342 g/mol. The largest absolute Gasteiger partial charge is 0.481 e. The molecule has 0 aromatic heterocycles. The van der Waals surface area contributed by atoms with Crippen LogP contribution < -0.4 is 4.74 Å². The highest BCUT2D eigenvalue weighted by Gasteiger charge is 2.34. The van der Waals surface area contributed by atoms with Crippen LogP contribution >= 0.6 is 11.8 Å². The summed E-state index contributed by atoms with van der Waals surface area (Å²) in [5.41, 5.74) is 0.632. The van der Waals surface area contributed by atoms with Gasteiger partial charge in [-0.25, -0.2) is 4.79 Å². The number of nitrogens with zero attached hydrogens (tertiary/aromatic N) is 1. The van der Waals surface area contributed by atoms with E-state index in [9.17, 15) is 14.4 Å². The SMILES string of the molecule is CCCCN1C(=O)S/C(=C\c2ccccc2OCC(=O)OCC)C1=O. The Hall–Kier alpha value is -2.28. The zero-order valence-electron chi connectivity index (χ0n) is 14.3. The number of imide groups is 1. The van der Waals surface area contributed by atoms with Crippen molar-refractivity contribution in [1.82, 2.24) is 4.90 Å². The number of esters is 1. The van der Waals surface area contributed by atoms with Gasteiger partial charge < -0.3 is 9.47 Å². The number of carbonyl (C=O) groups excluding carboxylic acids is 3. The van der Waals surface area contributed by atoms with E-state index in [1.165, 1.54) is 4.90 Å². The van der Waals surface area contributed by atoms with Crippen LogP contribution in [0.1, 0.15) is 32.3 Å². The number of amides is 2. The quantitative estimate of drug-likeness (QED) is 0.520. The molecule has 0 aliphatic carbocycles. The number of para-hydroxylation sites is 1. The predicted molar refractivity (Wildman–Crippen MR) is 96.2 cm³/mol. The highest BCUT2D eigenvalue weighted by molar-refractivity contribution is 8.18. The molecule has 25 heavy (non-hydrogen) atoms. The molecule has 0 N–H and O–H groups in total. The van der Waals surface area contributed by atoms with E-state index >= 15 is 0 Å². The monoisotopic (exact) mass is 363 g/mol. The van der Waals surface area contributed by atoms with Gasteiger partial charge in [0.2, 0.25) is 0 Å². The fourth-order valence-corrected chi connectivity index (χ4v) is 3.08. The average Bonchev–Trinajstić information content (AvgIpc) is 2.86. The molecular formula is C18H21NO5S. The predicted octanol–water partition coefficient (Wildman–Crippen LogP) is 3.46. The molecule has 1 heterocycles. The van der Waals surface area contributed by atoms with Gasteiger partial charge in [0, 0.05) is 12.1 Å². The lowest BCUT2D eigenvalue weighted by Crippen LogP contribution is -2.29. The summed E-state index contributed by atoms with van der Waals surface area (Å²) >= 11 is 0.920. The Bertz CT molecular complexity index is 686. The lowest BCUT2D eigenvalue weighted by molar-refractivity contribution is -0.145. The van der Waals surface area contributed by atoms with Gasteiger partial charge in [-0.2, -0.15) is 0 Å². The second kappa shape index (κ2) is 9.27. The number of thioether (sulfide) groups is 1. The molecule has 1 aromatic carbocycles. The molecule has 134 valence electrons. The van der Waals surface area contributed by atoms with E-state index in [2.05, 4.69) is 0 Å². The van der Waals surface area contributed by atoms with Gasteiger partial charge in [-0.05, 0) is 37.2 Å². The van der Waals surface area contributed by atoms with Crippen molar-refractivity contribution >= 4 is 35.0 Å². The van der Waals surface area contributed by atoms with Crippen LogP contribution in [-0.2, 0) is 14.3 Å². The summed E-state index contributed by atoms with van der Waals surface area (Å²) in [6, 6.07) is 7.03. The summed E-state index contributed by atoms with van der Waals surface area (Å²) in [6.07, 6.45) is 3.31. The van der Waals surface area contributed by atoms with E-state index in [1.807, 2.05) is 6.92 Å². The Kier molecular flexibility index (Phi) is 7.06. The topological polar surface area (TPSA) is 72.9 Å². The molecule has 1 aliphatic heterocycles. The molecule has 7 heteroatoms. The van der Waals surface area contributed by atoms with Gasteiger partial charge in [0.25, 0.3) is 11.1 Å². The number of hydrogen-bond donors (Lipinski definition) is 0. The van der Waals surface area contributed by atoms with Crippen molar-refractivity contribution in [3.05, 3.63) is 34.7 Å². The first-order chi connectivity index (χ1) is 12.1. The van der Waals surface area contributed by atoms with Crippen molar-refractivity contribution in [3.8, 4) is 5.75 Å². The second-order valence-corrected chi connectivity index (χ2v) is 6.31. The summed E-state index contributed by atoms with van der Waals surface area (Å²) < 4.78 is 10.3. The van der Waals surface area contributed by atoms with Gasteiger partial charge in [-0.1, -0.05) is 31.5 Å². The molecule has 0 unspecified atom stereocenters. The number of ether oxygens (including phenoxy) is 2. The van der Waals surface area contributed by atoms with Crippen molar-refractivity contribution in [3.63, 3.8) is 0 Å². The fourth-order valence-electron chi connectivity index (χ4n) is 2.22. The molecule has 2 rings (SSSR count). The van der Waals surface area contributed by atoms with Crippen molar-refractivity contribution in [2.45, 2.75) is 26.7 Å². The highest BCUT2D eigenvalue weighted by Crippen LogP contribution is 2.34. The van der Waals surface area contributed by atoms with Gasteiger partial charge in [-0.3, -0.25) is 14.5 Å². The van der Waals surface area contributed by atoms with Crippen molar-refractivity contribution in [2.24, 2.45) is 0 Å². The molecule has 0 bridgehead atoms. The highest BCUT2D eigenvalue weighted by atomic mass is 32.2. The molecule has 0 atom stereocenters. The van der Waals surface area contributed by atoms with E-state index in [0.29, 0.717) is 22.8 Å². The maximum Gasteiger partial charge on any atom is 0.344 e. The summed E-state index contributed by atoms with van der Waals surface area (Å²) in [5.74, 6) is -0.295. The number of hydrogen-bond acceptors (Lipinski definition) is 6. The maximum atomic E-state index is 12.4. The van der Waals surface area contributed by atoms with Gasteiger partial charge in [-0.15, -0.1) is 0 Å². The molecule has 0 radical (unpaired) electrons. The van der Waals surface area contributed by atoms with Crippen LogP contribution in [0.5, 0.6) is 5.75 Å². The first-order valence-corrected chi connectivity index (χ1v) is 9.01. The molecule has 2 amide bonds. The Morgan fingerprint density at radius 1 is 1.24 bits per heavy atom. The molecule has 6 nitrogen and oxygen atoms in total. The zero-order chi connectivity index (χ0) is 18.2. The minimum absolute atomic E-state index is 0.212. The van der Waals surface area contributed by atoms with Crippen molar-refractivity contribution in [1.29, 1.82) is 0 Å². The summed E-state index contributed by atoms with van der Waals surface area (Å²) in [5, 5.41) is -0.255. The summed E-state index contributed by atoms with van der Waals surface area (Å²) in [6.45, 7) is 4.23. The van der Waals surface area contributed by atoms with Gasteiger partial charge in [0.1, 0.15) is 5.75 Å². The average molecular weight is 363 g/mol. The minimum Gasteiger partial charge on any atom is -0.481 e. The standard InChI is InChI=1S/C18H21NO5S/c1-3-5-10-19-17(21)15(25-18(19)22)11-13-8-6-7-9-14(13)24-12-16(20)23-4-2/h6-9,11H,3-5,10,12H2,1-2H3/b15-11-. The van der Waals surface area contributed by atoms with Gasteiger partial charge in [0.05, 0.1) is 11.5 Å². The molecule has 1 aliphatic rings.